The first-order chi connectivity index (χ1) is 9.52. The Hall–Kier alpha value is -1.11. The van der Waals surface area contributed by atoms with Crippen molar-refractivity contribution in [1.82, 2.24) is 9.80 Å². The number of carbonyl (C=O) groups is 1. The van der Waals surface area contributed by atoms with Gasteiger partial charge in [-0.1, -0.05) is 13.0 Å². The molecule has 1 aliphatic rings. The third kappa shape index (κ3) is 3.31. The van der Waals surface area contributed by atoms with Crippen molar-refractivity contribution in [1.29, 1.82) is 0 Å². The molecule has 0 radical (unpaired) electrons. The number of carboxylic acid groups (broad SMARTS) is 1. The highest BCUT2D eigenvalue weighted by Crippen LogP contribution is 2.30. The minimum atomic E-state index is -0.854. The molecule has 1 aromatic carbocycles. The maximum atomic E-state index is 11.6. The van der Waals surface area contributed by atoms with Gasteiger partial charge in [-0.2, -0.15) is 0 Å². The second-order valence-corrected chi connectivity index (χ2v) is 5.78. The van der Waals surface area contributed by atoms with Crippen LogP contribution in [0.3, 0.4) is 0 Å². The van der Waals surface area contributed by atoms with E-state index < -0.39 is 12.0 Å². The fourth-order valence-electron chi connectivity index (χ4n) is 2.54. The summed E-state index contributed by atoms with van der Waals surface area (Å²) in [5.41, 5.74) is 0.687. The molecule has 1 aromatic rings. The number of rotatable bonds is 4. The van der Waals surface area contributed by atoms with Gasteiger partial charge in [0, 0.05) is 26.2 Å². The van der Waals surface area contributed by atoms with E-state index in [1.807, 2.05) is 4.90 Å². The fraction of sp³-hybridized carbons (Fsp3) is 0.500. The predicted octanol–water partition coefficient (Wildman–Crippen LogP) is 1.92. The van der Waals surface area contributed by atoms with E-state index in [0.29, 0.717) is 10.0 Å². The summed E-state index contributed by atoms with van der Waals surface area (Å²) < 4.78 is 0.522. The largest absolute Gasteiger partial charge is 0.507 e. The lowest BCUT2D eigenvalue weighted by molar-refractivity contribution is -0.144. The Labute approximate surface area is 126 Å². The third-order valence-corrected chi connectivity index (χ3v) is 4.38. The number of phenolic OH excluding ortho intramolecular Hbond substituents is 1. The van der Waals surface area contributed by atoms with Crippen molar-refractivity contribution in [3.05, 3.63) is 28.2 Å². The molecule has 2 N–H and O–H groups in total. The van der Waals surface area contributed by atoms with Crippen LogP contribution in [0.4, 0.5) is 0 Å². The number of benzene rings is 1. The van der Waals surface area contributed by atoms with Crippen LogP contribution in [0.5, 0.6) is 5.75 Å². The van der Waals surface area contributed by atoms with Crippen molar-refractivity contribution in [2.75, 3.05) is 32.7 Å². The minimum Gasteiger partial charge on any atom is -0.507 e. The van der Waals surface area contributed by atoms with E-state index in [2.05, 4.69) is 27.8 Å². The number of phenols is 1. The Morgan fingerprint density at radius 3 is 2.50 bits per heavy atom. The van der Waals surface area contributed by atoms with Crippen LogP contribution in [-0.4, -0.2) is 58.7 Å². The summed E-state index contributed by atoms with van der Waals surface area (Å²) >= 11 is 3.24. The van der Waals surface area contributed by atoms with E-state index in [0.717, 1.165) is 32.7 Å². The molecule has 1 fully saturated rings. The van der Waals surface area contributed by atoms with Gasteiger partial charge in [-0.3, -0.25) is 9.69 Å². The van der Waals surface area contributed by atoms with Gasteiger partial charge in [0.05, 0.1) is 4.47 Å². The highest BCUT2D eigenvalue weighted by molar-refractivity contribution is 9.10. The van der Waals surface area contributed by atoms with Crippen LogP contribution in [0.15, 0.2) is 22.7 Å². The fourth-order valence-corrected chi connectivity index (χ4v) is 2.94. The number of piperazine rings is 1. The maximum absolute atomic E-state index is 11.6. The van der Waals surface area contributed by atoms with Crippen LogP contribution >= 0.6 is 15.9 Å². The summed E-state index contributed by atoms with van der Waals surface area (Å²) in [6.45, 7) is 6.36. The number of hydrogen-bond donors (Lipinski definition) is 2. The number of likely N-dealkylation sites (N-methyl/N-ethyl adjacent to an activating group) is 1. The quantitative estimate of drug-likeness (QED) is 0.875. The van der Waals surface area contributed by atoms with Crippen LogP contribution in [-0.2, 0) is 4.79 Å². The molecule has 0 aromatic heterocycles. The number of aromatic hydroxyl groups is 1. The summed E-state index contributed by atoms with van der Waals surface area (Å²) in [5.74, 6) is -0.735. The van der Waals surface area contributed by atoms with E-state index in [9.17, 15) is 15.0 Å². The molecule has 0 spiro atoms. The van der Waals surface area contributed by atoms with Gasteiger partial charge in [0.25, 0.3) is 0 Å². The Morgan fingerprint density at radius 2 is 2.00 bits per heavy atom. The van der Waals surface area contributed by atoms with E-state index >= 15 is 0 Å². The molecule has 1 unspecified atom stereocenters. The number of halogens is 1. The van der Waals surface area contributed by atoms with Gasteiger partial charge < -0.3 is 15.1 Å². The predicted molar refractivity (Wildman–Crippen MR) is 79.9 cm³/mol. The molecule has 1 atom stereocenters. The van der Waals surface area contributed by atoms with Crippen molar-refractivity contribution < 1.29 is 15.0 Å². The van der Waals surface area contributed by atoms with Gasteiger partial charge >= 0.3 is 5.97 Å². The van der Waals surface area contributed by atoms with Crippen LogP contribution in [0, 0.1) is 0 Å². The highest BCUT2D eigenvalue weighted by Gasteiger charge is 2.30. The van der Waals surface area contributed by atoms with Gasteiger partial charge in [0.2, 0.25) is 0 Å². The Kier molecular flexibility index (Phi) is 5.01. The summed E-state index contributed by atoms with van der Waals surface area (Å²) in [7, 11) is 0. The first-order valence-electron chi connectivity index (χ1n) is 6.70. The standard InChI is InChI=1S/C14H19BrN2O3/c1-2-16-5-7-17(8-6-16)13(14(19)20)10-3-4-12(18)11(15)9-10/h3-4,9,13,18H,2,5-8H2,1H3,(H,19,20). The lowest BCUT2D eigenvalue weighted by Gasteiger charge is -2.37. The normalized spacial score (nSPS) is 18.9. The molecule has 20 heavy (non-hydrogen) atoms. The second kappa shape index (κ2) is 6.56. The van der Waals surface area contributed by atoms with Crippen molar-refractivity contribution in [3.8, 4) is 5.75 Å². The van der Waals surface area contributed by atoms with Crippen molar-refractivity contribution in [2.45, 2.75) is 13.0 Å². The van der Waals surface area contributed by atoms with Gasteiger partial charge in [-0.25, -0.2) is 0 Å². The highest BCUT2D eigenvalue weighted by atomic mass is 79.9. The van der Waals surface area contributed by atoms with Crippen molar-refractivity contribution >= 4 is 21.9 Å². The third-order valence-electron chi connectivity index (χ3n) is 3.74. The molecule has 0 amide bonds. The summed E-state index contributed by atoms with van der Waals surface area (Å²) in [6, 6.07) is 4.22. The average molecular weight is 343 g/mol. The number of aliphatic carboxylic acids is 1. The topological polar surface area (TPSA) is 64.0 Å². The van der Waals surface area contributed by atoms with Gasteiger partial charge in [-0.05, 0) is 40.2 Å². The molecule has 1 aliphatic heterocycles. The first-order valence-corrected chi connectivity index (χ1v) is 7.50. The SMILES string of the molecule is CCN1CCN(C(C(=O)O)c2ccc(O)c(Br)c2)CC1. The van der Waals surface area contributed by atoms with E-state index in [-0.39, 0.29) is 5.75 Å². The number of hydrogen-bond acceptors (Lipinski definition) is 4. The molecule has 6 heteroatoms. The van der Waals surface area contributed by atoms with E-state index in [1.165, 1.54) is 6.07 Å². The molecule has 110 valence electrons. The molecular weight excluding hydrogens is 324 g/mol. The number of nitrogens with zero attached hydrogens (tertiary/aromatic N) is 2. The van der Waals surface area contributed by atoms with E-state index in [1.54, 1.807) is 12.1 Å². The van der Waals surface area contributed by atoms with Crippen molar-refractivity contribution in [3.63, 3.8) is 0 Å². The van der Waals surface area contributed by atoms with Crippen LogP contribution < -0.4 is 0 Å². The smallest absolute Gasteiger partial charge is 0.325 e. The molecule has 0 saturated carbocycles. The zero-order valence-corrected chi connectivity index (χ0v) is 13.0. The molecule has 5 nitrogen and oxygen atoms in total. The van der Waals surface area contributed by atoms with E-state index in [4.69, 9.17) is 0 Å². The molecule has 0 bridgehead atoms. The Bertz CT molecular complexity index is 487. The number of carboxylic acids is 1. The lowest BCUT2D eigenvalue weighted by Crippen LogP contribution is -2.49. The van der Waals surface area contributed by atoms with Gasteiger partial charge in [0.15, 0.2) is 0 Å². The van der Waals surface area contributed by atoms with Gasteiger partial charge in [-0.15, -0.1) is 0 Å². The zero-order chi connectivity index (χ0) is 14.7. The van der Waals surface area contributed by atoms with Crippen LogP contribution in [0.2, 0.25) is 0 Å². The van der Waals surface area contributed by atoms with Crippen LogP contribution in [0.1, 0.15) is 18.5 Å². The lowest BCUT2D eigenvalue weighted by atomic mass is 10.0. The second-order valence-electron chi connectivity index (χ2n) is 4.92. The molecule has 0 aliphatic carbocycles. The van der Waals surface area contributed by atoms with Gasteiger partial charge in [0.1, 0.15) is 11.8 Å². The Morgan fingerprint density at radius 1 is 1.35 bits per heavy atom. The maximum Gasteiger partial charge on any atom is 0.325 e. The summed E-state index contributed by atoms with van der Waals surface area (Å²) in [6.07, 6.45) is 0. The van der Waals surface area contributed by atoms with Crippen molar-refractivity contribution in [2.24, 2.45) is 0 Å². The monoisotopic (exact) mass is 342 g/mol. The summed E-state index contributed by atoms with van der Waals surface area (Å²) in [4.78, 5) is 15.9. The zero-order valence-electron chi connectivity index (χ0n) is 11.4. The summed E-state index contributed by atoms with van der Waals surface area (Å²) in [5, 5.41) is 19.1. The molecule has 2 rings (SSSR count). The molecule has 1 heterocycles. The minimum absolute atomic E-state index is 0.119. The van der Waals surface area contributed by atoms with Crippen LogP contribution in [0.25, 0.3) is 0 Å². The molecule has 1 saturated heterocycles. The first kappa shape index (κ1) is 15.3. The average Bonchev–Trinajstić information content (AvgIpc) is 2.43. The molecular formula is C14H19BrN2O3. The Balaban J connectivity index is 2.19.